The highest BCUT2D eigenvalue weighted by molar-refractivity contribution is 7.92. The van der Waals surface area contributed by atoms with Gasteiger partial charge >= 0.3 is 0 Å². The minimum absolute atomic E-state index is 0.0219. The number of benzene rings is 3. The Morgan fingerprint density at radius 3 is 2.47 bits per heavy atom. The molecule has 0 saturated carbocycles. The normalized spacial score (nSPS) is 12.8. The first-order chi connectivity index (χ1) is 15.3. The fourth-order valence-corrected chi connectivity index (χ4v) is 4.36. The SMILES string of the molecule is O=c1c(O)c(-c2ccc3c(c2)OCO3)oc2ccc(NS(=O)(=O)c3ccc(F)cc3)cc12. The lowest BCUT2D eigenvalue weighted by Gasteiger charge is -2.10. The summed E-state index contributed by atoms with van der Waals surface area (Å²) in [4.78, 5) is 12.7. The maximum atomic E-state index is 13.1. The molecule has 162 valence electrons. The Morgan fingerprint density at radius 1 is 0.938 bits per heavy atom. The highest BCUT2D eigenvalue weighted by atomic mass is 32.2. The van der Waals surface area contributed by atoms with Crippen molar-refractivity contribution in [3.05, 3.63) is 76.7 Å². The fraction of sp³-hybridized carbons (Fsp3) is 0.0455. The van der Waals surface area contributed by atoms with Crippen molar-refractivity contribution >= 4 is 26.7 Å². The Labute approximate surface area is 180 Å². The average Bonchev–Trinajstić information content (AvgIpc) is 3.24. The van der Waals surface area contributed by atoms with Crippen molar-refractivity contribution in [2.24, 2.45) is 0 Å². The average molecular weight is 455 g/mol. The minimum Gasteiger partial charge on any atom is -0.502 e. The van der Waals surface area contributed by atoms with Crippen LogP contribution in [0.25, 0.3) is 22.3 Å². The van der Waals surface area contributed by atoms with E-state index in [0.717, 1.165) is 24.3 Å². The van der Waals surface area contributed by atoms with Crippen LogP contribution in [0.4, 0.5) is 10.1 Å². The lowest BCUT2D eigenvalue weighted by atomic mass is 10.1. The quantitative estimate of drug-likeness (QED) is 0.481. The molecule has 0 radical (unpaired) electrons. The van der Waals surface area contributed by atoms with E-state index in [-0.39, 0.29) is 34.1 Å². The molecule has 5 rings (SSSR count). The first-order valence-electron chi connectivity index (χ1n) is 9.30. The van der Waals surface area contributed by atoms with Gasteiger partial charge in [0.25, 0.3) is 10.0 Å². The van der Waals surface area contributed by atoms with Crippen molar-refractivity contribution in [2.75, 3.05) is 11.5 Å². The van der Waals surface area contributed by atoms with Gasteiger partial charge in [0.15, 0.2) is 17.3 Å². The van der Waals surface area contributed by atoms with Gasteiger partial charge in [0, 0.05) is 11.3 Å². The summed E-state index contributed by atoms with van der Waals surface area (Å²) in [5, 5.41) is 10.5. The first-order valence-corrected chi connectivity index (χ1v) is 10.8. The predicted molar refractivity (Wildman–Crippen MR) is 113 cm³/mol. The smallest absolute Gasteiger partial charge is 0.261 e. The molecule has 2 N–H and O–H groups in total. The fourth-order valence-electron chi connectivity index (χ4n) is 3.31. The second-order valence-corrected chi connectivity index (χ2v) is 8.63. The lowest BCUT2D eigenvalue weighted by molar-refractivity contribution is 0.174. The Kier molecular flexibility index (Phi) is 4.52. The zero-order valence-corrected chi connectivity index (χ0v) is 17.0. The first kappa shape index (κ1) is 19.9. The largest absolute Gasteiger partial charge is 0.502 e. The number of sulfonamides is 1. The van der Waals surface area contributed by atoms with Crippen molar-refractivity contribution in [1.82, 2.24) is 0 Å². The predicted octanol–water partition coefficient (Wildman–Crippen LogP) is 3.83. The number of aromatic hydroxyl groups is 1. The summed E-state index contributed by atoms with van der Waals surface area (Å²) in [6, 6.07) is 13.2. The number of hydrogen-bond donors (Lipinski definition) is 2. The standard InChI is InChI=1S/C22H14FNO7S/c23-13-2-5-15(6-3-13)32(27,28)24-14-4-8-17-16(10-14)20(25)21(26)22(31-17)12-1-7-18-19(9-12)30-11-29-18/h1-10,24,26H,11H2. The van der Waals surface area contributed by atoms with E-state index in [0.29, 0.717) is 17.1 Å². The van der Waals surface area contributed by atoms with E-state index >= 15 is 0 Å². The lowest BCUT2D eigenvalue weighted by Crippen LogP contribution is -2.13. The van der Waals surface area contributed by atoms with Crippen molar-refractivity contribution < 1.29 is 31.8 Å². The number of nitrogens with one attached hydrogen (secondary N) is 1. The van der Waals surface area contributed by atoms with Crippen LogP contribution in [0.15, 0.2) is 74.8 Å². The maximum Gasteiger partial charge on any atom is 0.261 e. The van der Waals surface area contributed by atoms with Crippen LogP contribution in [0.2, 0.25) is 0 Å². The molecule has 0 spiro atoms. The summed E-state index contributed by atoms with van der Waals surface area (Å²) in [7, 11) is -4.02. The molecule has 0 fully saturated rings. The van der Waals surface area contributed by atoms with E-state index in [1.54, 1.807) is 18.2 Å². The molecule has 1 aromatic heterocycles. The molecule has 0 aliphatic carbocycles. The van der Waals surface area contributed by atoms with Crippen molar-refractivity contribution in [3.63, 3.8) is 0 Å². The number of hydrogen-bond acceptors (Lipinski definition) is 7. The van der Waals surface area contributed by atoms with Gasteiger partial charge in [-0.25, -0.2) is 12.8 Å². The van der Waals surface area contributed by atoms with E-state index in [1.807, 2.05) is 0 Å². The molecule has 8 nitrogen and oxygen atoms in total. The van der Waals surface area contributed by atoms with Crippen LogP contribution >= 0.6 is 0 Å². The summed E-state index contributed by atoms with van der Waals surface area (Å²) in [6.45, 7) is 0.0725. The van der Waals surface area contributed by atoms with Crippen molar-refractivity contribution in [3.8, 4) is 28.6 Å². The van der Waals surface area contributed by atoms with Gasteiger partial charge < -0.3 is 19.0 Å². The molecule has 0 unspecified atom stereocenters. The zero-order valence-electron chi connectivity index (χ0n) is 16.2. The van der Waals surface area contributed by atoms with Gasteiger partial charge in [-0.05, 0) is 60.7 Å². The van der Waals surface area contributed by atoms with Crippen LogP contribution in [0, 0.1) is 5.82 Å². The molecule has 4 aromatic rings. The number of anilines is 1. The van der Waals surface area contributed by atoms with Crippen LogP contribution in [-0.2, 0) is 10.0 Å². The summed E-state index contributed by atoms with van der Waals surface area (Å²) in [5.41, 5.74) is -0.108. The Hall–Kier alpha value is -4.05. The molecule has 0 atom stereocenters. The molecule has 0 saturated heterocycles. The van der Waals surface area contributed by atoms with Gasteiger partial charge in [-0.15, -0.1) is 0 Å². The van der Waals surface area contributed by atoms with Crippen LogP contribution < -0.4 is 19.6 Å². The molecule has 2 heterocycles. The van der Waals surface area contributed by atoms with E-state index in [9.17, 15) is 22.7 Å². The second-order valence-electron chi connectivity index (χ2n) is 6.95. The van der Waals surface area contributed by atoms with E-state index in [2.05, 4.69) is 4.72 Å². The maximum absolute atomic E-state index is 13.1. The second kappa shape index (κ2) is 7.27. The van der Waals surface area contributed by atoms with Gasteiger partial charge in [-0.1, -0.05) is 0 Å². The van der Waals surface area contributed by atoms with Gasteiger partial charge in [0.1, 0.15) is 11.4 Å². The Bertz CT molecular complexity index is 1530. The van der Waals surface area contributed by atoms with E-state index in [4.69, 9.17) is 13.9 Å². The molecule has 32 heavy (non-hydrogen) atoms. The number of halogens is 1. The summed E-state index contributed by atoms with van der Waals surface area (Å²) < 4.78 is 56.8. The highest BCUT2D eigenvalue weighted by Crippen LogP contribution is 2.38. The molecule has 1 aliphatic rings. The molecule has 10 heteroatoms. The molecule has 0 bridgehead atoms. The number of fused-ring (bicyclic) bond motifs is 2. The Balaban J connectivity index is 1.54. The third-order valence-corrected chi connectivity index (χ3v) is 6.27. The topological polar surface area (TPSA) is 115 Å². The molecular weight excluding hydrogens is 441 g/mol. The third kappa shape index (κ3) is 3.40. The molecular formula is C22H14FNO7S. The van der Waals surface area contributed by atoms with E-state index in [1.165, 1.54) is 18.2 Å². The molecule has 0 amide bonds. The van der Waals surface area contributed by atoms with Gasteiger partial charge in [0.05, 0.1) is 10.3 Å². The van der Waals surface area contributed by atoms with Crippen LogP contribution in [0.3, 0.4) is 0 Å². The van der Waals surface area contributed by atoms with Crippen LogP contribution in [-0.4, -0.2) is 20.3 Å². The summed E-state index contributed by atoms with van der Waals surface area (Å²) in [6.07, 6.45) is 0. The number of rotatable bonds is 4. The van der Waals surface area contributed by atoms with Gasteiger partial charge in [-0.2, -0.15) is 0 Å². The van der Waals surface area contributed by atoms with Crippen molar-refractivity contribution in [2.45, 2.75) is 4.90 Å². The Morgan fingerprint density at radius 2 is 1.69 bits per heavy atom. The minimum atomic E-state index is -4.02. The van der Waals surface area contributed by atoms with Crippen LogP contribution in [0.1, 0.15) is 0 Å². The monoisotopic (exact) mass is 455 g/mol. The van der Waals surface area contributed by atoms with Crippen LogP contribution in [0.5, 0.6) is 17.2 Å². The highest BCUT2D eigenvalue weighted by Gasteiger charge is 2.21. The summed E-state index contributed by atoms with van der Waals surface area (Å²) >= 11 is 0. The number of ether oxygens (including phenoxy) is 2. The van der Waals surface area contributed by atoms with Gasteiger partial charge in [0.2, 0.25) is 18.0 Å². The summed E-state index contributed by atoms with van der Waals surface area (Å²) in [5.74, 6) is -0.263. The zero-order chi connectivity index (χ0) is 22.5. The van der Waals surface area contributed by atoms with Crippen molar-refractivity contribution in [1.29, 1.82) is 0 Å². The third-order valence-electron chi connectivity index (χ3n) is 4.88. The van der Waals surface area contributed by atoms with Gasteiger partial charge in [-0.3, -0.25) is 9.52 Å². The molecule has 3 aromatic carbocycles. The van der Waals surface area contributed by atoms with E-state index < -0.39 is 27.0 Å². The molecule has 1 aliphatic heterocycles.